The van der Waals surface area contributed by atoms with Crippen molar-refractivity contribution in [2.45, 2.75) is 32.4 Å². The molecule has 1 aromatic rings. The van der Waals surface area contributed by atoms with Crippen LogP contribution in [-0.2, 0) is 11.3 Å². The zero-order valence-electron chi connectivity index (χ0n) is 9.76. The molecule has 5 heteroatoms. The van der Waals surface area contributed by atoms with Crippen LogP contribution in [-0.4, -0.2) is 16.6 Å². The molecule has 0 saturated carbocycles. The van der Waals surface area contributed by atoms with Crippen molar-refractivity contribution in [3.8, 4) is 0 Å². The van der Waals surface area contributed by atoms with Crippen LogP contribution in [0.5, 0.6) is 0 Å². The molecule has 0 fully saturated rings. The molecule has 17 heavy (non-hydrogen) atoms. The van der Waals surface area contributed by atoms with E-state index in [9.17, 15) is 9.18 Å². The second-order valence-corrected chi connectivity index (χ2v) is 4.45. The standard InChI is InChI=1S/C12H15ClFNO2/c1-3-12(2,11(16)17)15-7-8-9(13)5-4-6-10(8)14/h4-6,15H,3,7H2,1-2H3,(H,16,17). The van der Waals surface area contributed by atoms with Gasteiger partial charge in [0.15, 0.2) is 0 Å². The van der Waals surface area contributed by atoms with E-state index in [2.05, 4.69) is 5.32 Å². The zero-order valence-corrected chi connectivity index (χ0v) is 10.5. The van der Waals surface area contributed by atoms with Gasteiger partial charge in [-0.2, -0.15) is 0 Å². The second kappa shape index (κ2) is 5.47. The molecule has 94 valence electrons. The molecule has 1 unspecified atom stereocenters. The van der Waals surface area contributed by atoms with Crippen LogP contribution < -0.4 is 5.32 Å². The number of carbonyl (C=O) groups is 1. The lowest BCUT2D eigenvalue weighted by Crippen LogP contribution is -2.48. The summed E-state index contributed by atoms with van der Waals surface area (Å²) in [6.07, 6.45) is 0.397. The average molecular weight is 260 g/mol. The van der Waals surface area contributed by atoms with Crippen LogP contribution in [0.25, 0.3) is 0 Å². The zero-order chi connectivity index (χ0) is 13.1. The molecule has 3 nitrogen and oxygen atoms in total. The molecule has 0 saturated heterocycles. The number of aliphatic carboxylic acids is 1. The molecule has 0 aliphatic rings. The van der Waals surface area contributed by atoms with Gasteiger partial charge in [0.1, 0.15) is 11.4 Å². The van der Waals surface area contributed by atoms with E-state index in [-0.39, 0.29) is 12.1 Å². The Bertz CT molecular complexity index is 405. The van der Waals surface area contributed by atoms with Gasteiger partial charge in [-0.3, -0.25) is 10.1 Å². The fourth-order valence-corrected chi connectivity index (χ4v) is 1.57. The minimum Gasteiger partial charge on any atom is -0.480 e. The molecule has 0 radical (unpaired) electrons. The Labute approximate surface area is 105 Å². The van der Waals surface area contributed by atoms with Gasteiger partial charge < -0.3 is 5.11 Å². The van der Waals surface area contributed by atoms with Crippen molar-refractivity contribution in [3.05, 3.63) is 34.6 Å². The molecule has 1 rings (SSSR count). The molecule has 0 aliphatic heterocycles. The largest absolute Gasteiger partial charge is 0.480 e. The summed E-state index contributed by atoms with van der Waals surface area (Å²) in [6.45, 7) is 3.40. The average Bonchev–Trinajstić information content (AvgIpc) is 2.27. The van der Waals surface area contributed by atoms with Crippen LogP contribution in [0.1, 0.15) is 25.8 Å². The van der Waals surface area contributed by atoms with E-state index in [1.165, 1.54) is 12.1 Å². The number of nitrogens with one attached hydrogen (secondary N) is 1. The maximum Gasteiger partial charge on any atom is 0.323 e. The predicted octanol–water partition coefficient (Wildman–Crippen LogP) is 2.82. The lowest BCUT2D eigenvalue weighted by atomic mass is 9.99. The SMILES string of the molecule is CCC(C)(NCc1c(F)cccc1Cl)C(=O)O. The summed E-state index contributed by atoms with van der Waals surface area (Å²) in [6, 6.07) is 4.38. The van der Waals surface area contributed by atoms with Gasteiger partial charge in [-0.05, 0) is 25.5 Å². The number of benzene rings is 1. The third-order valence-electron chi connectivity index (χ3n) is 2.90. The van der Waals surface area contributed by atoms with E-state index < -0.39 is 17.3 Å². The Morgan fingerprint density at radius 3 is 2.71 bits per heavy atom. The predicted molar refractivity (Wildman–Crippen MR) is 64.6 cm³/mol. The van der Waals surface area contributed by atoms with E-state index in [1.807, 2.05) is 0 Å². The molecule has 0 amide bonds. The third kappa shape index (κ3) is 3.17. The van der Waals surface area contributed by atoms with Crippen molar-refractivity contribution >= 4 is 17.6 Å². The summed E-state index contributed by atoms with van der Waals surface area (Å²) in [5.74, 6) is -1.40. The smallest absolute Gasteiger partial charge is 0.323 e. The van der Waals surface area contributed by atoms with Crippen LogP contribution in [0.2, 0.25) is 5.02 Å². The Balaban J connectivity index is 2.83. The molecule has 0 heterocycles. The van der Waals surface area contributed by atoms with Gasteiger partial charge in [0.25, 0.3) is 0 Å². The van der Waals surface area contributed by atoms with Crippen LogP contribution in [0.3, 0.4) is 0 Å². The van der Waals surface area contributed by atoms with Gasteiger partial charge >= 0.3 is 5.97 Å². The van der Waals surface area contributed by atoms with Crippen LogP contribution in [0.4, 0.5) is 4.39 Å². The first kappa shape index (κ1) is 13.9. The van der Waals surface area contributed by atoms with E-state index in [0.29, 0.717) is 11.4 Å². The topological polar surface area (TPSA) is 49.3 Å². The maximum atomic E-state index is 13.5. The van der Waals surface area contributed by atoms with Crippen molar-refractivity contribution < 1.29 is 14.3 Å². The molecule has 0 spiro atoms. The molecule has 1 atom stereocenters. The Morgan fingerprint density at radius 2 is 2.24 bits per heavy atom. The summed E-state index contributed by atoms with van der Waals surface area (Å²) >= 11 is 5.85. The lowest BCUT2D eigenvalue weighted by Gasteiger charge is -2.25. The first-order valence-corrected chi connectivity index (χ1v) is 5.70. The van der Waals surface area contributed by atoms with Gasteiger partial charge in [-0.15, -0.1) is 0 Å². The maximum absolute atomic E-state index is 13.5. The van der Waals surface area contributed by atoms with Crippen molar-refractivity contribution in [1.29, 1.82) is 0 Å². The van der Waals surface area contributed by atoms with Gasteiger partial charge in [0.05, 0.1) is 0 Å². The van der Waals surface area contributed by atoms with E-state index in [1.54, 1.807) is 19.9 Å². The second-order valence-electron chi connectivity index (χ2n) is 4.04. The summed E-state index contributed by atoms with van der Waals surface area (Å²) < 4.78 is 13.5. The van der Waals surface area contributed by atoms with Crippen molar-refractivity contribution in [2.75, 3.05) is 0 Å². The lowest BCUT2D eigenvalue weighted by molar-refractivity contribution is -0.144. The number of hydrogen-bond donors (Lipinski definition) is 2. The molecular formula is C12H15ClFNO2. The Kier molecular flexibility index (Phi) is 4.48. The quantitative estimate of drug-likeness (QED) is 0.855. The van der Waals surface area contributed by atoms with Crippen molar-refractivity contribution in [3.63, 3.8) is 0 Å². The molecule has 0 bridgehead atoms. The molecule has 0 aliphatic carbocycles. The number of hydrogen-bond acceptors (Lipinski definition) is 2. The van der Waals surface area contributed by atoms with Crippen LogP contribution >= 0.6 is 11.6 Å². The number of carboxylic acids is 1. The van der Waals surface area contributed by atoms with Gasteiger partial charge in [-0.1, -0.05) is 24.6 Å². The molecule has 2 N–H and O–H groups in total. The summed E-state index contributed by atoms with van der Waals surface area (Å²) in [7, 11) is 0. The highest BCUT2D eigenvalue weighted by atomic mass is 35.5. The minimum absolute atomic E-state index is 0.0855. The normalized spacial score (nSPS) is 14.4. The monoisotopic (exact) mass is 259 g/mol. The highest BCUT2D eigenvalue weighted by molar-refractivity contribution is 6.31. The summed E-state index contributed by atoms with van der Waals surface area (Å²) in [5.41, 5.74) is -0.791. The van der Waals surface area contributed by atoms with E-state index >= 15 is 0 Å². The van der Waals surface area contributed by atoms with E-state index in [4.69, 9.17) is 16.7 Å². The fourth-order valence-electron chi connectivity index (χ4n) is 1.34. The van der Waals surface area contributed by atoms with Gasteiger partial charge in [0.2, 0.25) is 0 Å². The van der Waals surface area contributed by atoms with E-state index in [0.717, 1.165) is 0 Å². The number of halogens is 2. The Morgan fingerprint density at radius 1 is 1.59 bits per heavy atom. The summed E-state index contributed by atoms with van der Waals surface area (Å²) in [5, 5.41) is 12.2. The number of carboxylic acid groups (broad SMARTS) is 1. The first-order chi connectivity index (χ1) is 7.90. The Hall–Kier alpha value is -1.13. The van der Waals surface area contributed by atoms with Gasteiger partial charge in [0, 0.05) is 17.1 Å². The molecule has 0 aromatic heterocycles. The van der Waals surface area contributed by atoms with Crippen LogP contribution in [0.15, 0.2) is 18.2 Å². The van der Waals surface area contributed by atoms with Crippen molar-refractivity contribution in [2.24, 2.45) is 0 Å². The summed E-state index contributed by atoms with van der Waals surface area (Å²) in [4.78, 5) is 11.1. The third-order valence-corrected chi connectivity index (χ3v) is 3.25. The highest BCUT2D eigenvalue weighted by Crippen LogP contribution is 2.20. The van der Waals surface area contributed by atoms with Crippen molar-refractivity contribution in [1.82, 2.24) is 5.32 Å². The molecular weight excluding hydrogens is 245 g/mol. The molecule has 1 aromatic carbocycles. The number of rotatable bonds is 5. The van der Waals surface area contributed by atoms with Crippen LogP contribution in [0, 0.1) is 5.82 Å². The minimum atomic E-state index is -1.08. The van der Waals surface area contributed by atoms with Gasteiger partial charge in [-0.25, -0.2) is 4.39 Å². The first-order valence-electron chi connectivity index (χ1n) is 5.32. The fraction of sp³-hybridized carbons (Fsp3) is 0.417. The highest BCUT2D eigenvalue weighted by Gasteiger charge is 2.30.